The van der Waals surface area contributed by atoms with Gasteiger partial charge in [-0.3, -0.25) is 23.5 Å². The normalized spacial score (nSPS) is 31.5. The van der Waals surface area contributed by atoms with Crippen molar-refractivity contribution in [1.29, 1.82) is 0 Å². The molecule has 1 aliphatic rings. The van der Waals surface area contributed by atoms with Gasteiger partial charge in [0, 0.05) is 0 Å². The molecule has 1 aliphatic heterocycles. The van der Waals surface area contributed by atoms with Crippen molar-refractivity contribution in [3.05, 3.63) is 16.7 Å². The Kier molecular flexibility index (Phi) is 4.61. The third-order valence-corrected chi connectivity index (χ3v) is 7.41. The molecular formula is C10H15N5O11P2. The second-order valence-corrected chi connectivity index (χ2v) is 9.41. The van der Waals surface area contributed by atoms with Crippen molar-refractivity contribution in [3.63, 3.8) is 0 Å². The fourth-order valence-electron chi connectivity index (χ4n) is 3.12. The number of H-pyrrole nitrogens is 1. The molecule has 4 atom stereocenters. The van der Waals surface area contributed by atoms with Crippen molar-refractivity contribution in [2.75, 3.05) is 12.3 Å². The molecule has 10 N–H and O–H groups in total. The number of ether oxygens (including phenoxy) is 1. The van der Waals surface area contributed by atoms with E-state index < -0.39 is 67.5 Å². The number of imidazole rings is 1. The van der Waals surface area contributed by atoms with Gasteiger partial charge in [-0.05, 0) is 0 Å². The molecule has 28 heavy (non-hydrogen) atoms. The molecule has 156 valence electrons. The summed E-state index contributed by atoms with van der Waals surface area (Å²) in [7, 11) is -12.0. The van der Waals surface area contributed by atoms with E-state index in [9.17, 15) is 48.8 Å². The number of anilines is 1. The summed E-state index contributed by atoms with van der Waals surface area (Å²) in [5, 5.41) is 26.3. The van der Waals surface area contributed by atoms with E-state index in [-0.39, 0.29) is 4.57 Å². The molecule has 0 aromatic carbocycles. The van der Waals surface area contributed by atoms with E-state index in [1.165, 1.54) is 0 Å². The van der Waals surface area contributed by atoms with E-state index in [0.29, 0.717) is 6.33 Å². The van der Waals surface area contributed by atoms with Crippen LogP contribution in [-0.4, -0.2) is 78.6 Å². The summed E-state index contributed by atoms with van der Waals surface area (Å²) < 4.78 is 29.7. The van der Waals surface area contributed by atoms with Gasteiger partial charge in [0.05, 0.1) is 6.61 Å². The van der Waals surface area contributed by atoms with Crippen molar-refractivity contribution in [1.82, 2.24) is 19.5 Å². The number of nitrogen functional groups attached to an aromatic ring is 1. The summed E-state index contributed by atoms with van der Waals surface area (Å²) in [5.41, 5.74) is -0.587. The SMILES string of the molecule is Nc1nc2c(ncn2[C@]2(P(=O)(O)O)O[C@H](CO)[C@@H](O)[C@]2(O)P(=O)(O)O)c(=O)[nH]1. The lowest BCUT2D eigenvalue weighted by Gasteiger charge is -2.41. The molecule has 0 spiro atoms. The van der Waals surface area contributed by atoms with Crippen molar-refractivity contribution >= 4 is 32.3 Å². The predicted molar refractivity (Wildman–Crippen MR) is 87.5 cm³/mol. The summed E-state index contributed by atoms with van der Waals surface area (Å²) in [6.07, 6.45) is -4.19. The van der Waals surface area contributed by atoms with Crippen LogP contribution in [0, 0.1) is 0 Å². The fraction of sp³-hybridized carbons (Fsp3) is 0.500. The van der Waals surface area contributed by atoms with Crippen LogP contribution in [0.5, 0.6) is 0 Å². The number of aliphatic hydroxyl groups is 3. The molecule has 0 amide bonds. The molecule has 2 aromatic heterocycles. The van der Waals surface area contributed by atoms with Crippen molar-refractivity contribution in [2.24, 2.45) is 0 Å². The summed E-state index contributed by atoms with van der Waals surface area (Å²) in [6, 6.07) is 0. The maximum atomic E-state index is 12.4. The van der Waals surface area contributed by atoms with Gasteiger partial charge in [0.25, 0.3) is 16.4 Å². The minimum atomic E-state index is -6.01. The first-order chi connectivity index (χ1) is 12.7. The smallest absolute Gasteiger partial charge is 0.382 e. The number of fused-ring (bicyclic) bond motifs is 1. The van der Waals surface area contributed by atoms with Gasteiger partial charge in [-0.25, -0.2) is 4.98 Å². The zero-order chi connectivity index (χ0) is 21.3. The molecule has 2 aromatic rings. The van der Waals surface area contributed by atoms with Crippen LogP contribution in [-0.2, 0) is 19.3 Å². The number of nitrogens with two attached hydrogens (primary N) is 1. The van der Waals surface area contributed by atoms with Crippen molar-refractivity contribution in [2.45, 2.75) is 23.0 Å². The average molecular weight is 443 g/mol. The van der Waals surface area contributed by atoms with Gasteiger partial charge in [-0.2, -0.15) is 4.98 Å². The summed E-state index contributed by atoms with van der Waals surface area (Å²) in [5.74, 6) is -0.558. The lowest BCUT2D eigenvalue weighted by Crippen LogP contribution is -2.57. The number of aromatic amines is 1. The predicted octanol–water partition coefficient (Wildman–Crippen LogP) is -3.89. The lowest BCUT2D eigenvalue weighted by molar-refractivity contribution is -0.119. The van der Waals surface area contributed by atoms with E-state index in [0.717, 1.165) is 0 Å². The molecule has 0 saturated carbocycles. The van der Waals surface area contributed by atoms with E-state index in [4.69, 9.17) is 10.5 Å². The summed E-state index contributed by atoms with van der Waals surface area (Å²) >= 11 is 0. The molecular weight excluding hydrogens is 428 g/mol. The van der Waals surface area contributed by atoms with Crippen LogP contribution in [0.1, 0.15) is 0 Å². The molecule has 18 heteroatoms. The second kappa shape index (κ2) is 6.14. The number of hydrogen-bond donors (Lipinski definition) is 9. The standard InChI is InChI=1S/C10H15N5O11P2/c11-8-13-6-4(7(18)14-8)12-2-15(6)10(28(23,24)25)9(19,27(20,21)22)5(17)3(1-16)26-10/h2-3,5,16-17,19H,1H2,(H2,20,21,22)(H2,23,24,25)(H3,11,13,14,18)/t3-,5-,9+,10+/m1/s1. The summed E-state index contributed by atoms with van der Waals surface area (Å²) in [4.78, 5) is 60.5. The number of aromatic nitrogens is 4. The Morgan fingerprint density at radius 3 is 2.39 bits per heavy atom. The van der Waals surface area contributed by atoms with Crippen molar-refractivity contribution < 1.29 is 48.8 Å². The molecule has 1 fully saturated rings. The Morgan fingerprint density at radius 2 is 1.89 bits per heavy atom. The lowest BCUT2D eigenvalue weighted by atomic mass is 10.1. The molecule has 0 radical (unpaired) electrons. The Morgan fingerprint density at radius 1 is 1.29 bits per heavy atom. The molecule has 1 saturated heterocycles. The van der Waals surface area contributed by atoms with Crippen molar-refractivity contribution in [3.8, 4) is 0 Å². The largest absolute Gasteiger partial charge is 0.394 e. The number of nitrogens with one attached hydrogen (secondary N) is 1. The molecule has 16 nitrogen and oxygen atoms in total. The number of rotatable bonds is 4. The van der Waals surface area contributed by atoms with E-state index in [1.807, 2.05) is 4.98 Å². The molecule has 0 aliphatic carbocycles. The highest BCUT2D eigenvalue weighted by atomic mass is 31.2. The van der Waals surface area contributed by atoms with Crippen LogP contribution >= 0.6 is 15.2 Å². The summed E-state index contributed by atoms with van der Waals surface area (Å²) in [6.45, 7) is -1.19. The van der Waals surface area contributed by atoms with Gasteiger partial charge in [-0.15, -0.1) is 0 Å². The first-order valence-corrected chi connectivity index (χ1v) is 10.5. The molecule has 3 rings (SSSR count). The highest BCUT2D eigenvalue weighted by Crippen LogP contribution is 2.74. The topological polar surface area (TPSA) is 275 Å². The minimum absolute atomic E-state index is 0.201. The first kappa shape index (κ1) is 21.0. The Balaban J connectivity index is 2.52. The third kappa shape index (κ3) is 2.45. The Labute approximate surface area is 153 Å². The Hall–Kier alpha value is -1.71. The molecule has 3 heterocycles. The van der Waals surface area contributed by atoms with Gasteiger partial charge in [-0.1, -0.05) is 0 Å². The van der Waals surface area contributed by atoms with Crippen LogP contribution in [0.15, 0.2) is 11.1 Å². The quantitative estimate of drug-likeness (QED) is 0.204. The molecule has 0 bridgehead atoms. The minimum Gasteiger partial charge on any atom is -0.394 e. The highest BCUT2D eigenvalue weighted by molar-refractivity contribution is 7.58. The first-order valence-electron chi connectivity index (χ1n) is 7.26. The number of nitrogens with zero attached hydrogens (tertiary/aromatic N) is 3. The Bertz CT molecular complexity index is 1090. The van der Waals surface area contributed by atoms with Crippen LogP contribution in [0.3, 0.4) is 0 Å². The third-order valence-electron chi connectivity index (χ3n) is 4.33. The van der Waals surface area contributed by atoms with Crippen LogP contribution in [0.4, 0.5) is 5.95 Å². The van der Waals surface area contributed by atoms with Crippen LogP contribution in [0.2, 0.25) is 0 Å². The fourth-order valence-corrected chi connectivity index (χ4v) is 6.21. The van der Waals surface area contributed by atoms with E-state index in [2.05, 4.69) is 9.97 Å². The maximum absolute atomic E-state index is 12.4. The zero-order valence-electron chi connectivity index (χ0n) is 13.5. The number of aliphatic hydroxyl groups excluding tert-OH is 2. The van der Waals surface area contributed by atoms with Crippen LogP contribution < -0.4 is 11.3 Å². The maximum Gasteiger partial charge on any atom is 0.382 e. The van der Waals surface area contributed by atoms with Gasteiger partial charge in [0.2, 0.25) is 5.95 Å². The van der Waals surface area contributed by atoms with E-state index >= 15 is 0 Å². The van der Waals surface area contributed by atoms with Gasteiger partial charge in [0.1, 0.15) is 18.5 Å². The van der Waals surface area contributed by atoms with Crippen LogP contribution in [0.25, 0.3) is 11.2 Å². The zero-order valence-corrected chi connectivity index (χ0v) is 15.3. The monoisotopic (exact) mass is 443 g/mol. The second-order valence-electron chi connectivity index (χ2n) is 5.94. The van der Waals surface area contributed by atoms with Gasteiger partial charge in [0.15, 0.2) is 11.2 Å². The van der Waals surface area contributed by atoms with Gasteiger partial charge >= 0.3 is 15.2 Å². The number of hydrogen-bond acceptors (Lipinski definition) is 10. The highest BCUT2D eigenvalue weighted by Gasteiger charge is 2.81. The van der Waals surface area contributed by atoms with Gasteiger partial charge < -0.3 is 45.4 Å². The van der Waals surface area contributed by atoms with E-state index in [1.54, 1.807) is 0 Å². The molecule has 0 unspecified atom stereocenters. The average Bonchev–Trinajstić information content (AvgIpc) is 3.06.